The summed E-state index contributed by atoms with van der Waals surface area (Å²) in [5, 5.41) is 14.1. The van der Waals surface area contributed by atoms with Crippen LogP contribution in [0.3, 0.4) is 0 Å². The van der Waals surface area contributed by atoms with Crippen LogP contribution in [0, 0.1) is 12.7 Å². The van der Waals surface area contributed by atoms with Gasteiger partial charge in [-0.05, 0) is 38.4 Å². The molecular weight excluding hydrogens is 339 g/mol. The minimum absolute atomic E-state index is 0.251. The molecule has 1 atom stereocenters. The van der Waals surface area contributed by atoms with Gasteiger partial charge < -0.3 is 4.52 Å². The summed E-state index contributed by atoms with van der Waals surface area (Å²) in [6.45, 7) is 4.76. The number of rotatable bonds is 4. The first kappa shape index (κ1) is 16.4. The number of aromatic nitrogens is 3. The Balaban J connectivity index is 1.49. The second kappa shape index (κ2) is 7.01. The Morgan fingerprint density at radius 3 is 3.00 bits per heavy atom. The van der Waals surface area contributed by atoms with Crippen molar-refractivity contribution in [3.8, 4) is 10.6 Å². The topological polar surface area (TPSA) is 55.1 Å². The molecule has 0 saturated carbocycles. The lowest BCUT2D eigenvalue weighted by molar-refractivity contribution is 0.198. The Labute approximate surface area is 149 Å². The van der Waals surface area contributed by atoms with Crippen LogP contribution in [0.5, 0.6) is 0 Å². The lowest BCUT2D eigenvalue weighted by Gasteiger charge is -2.31. The summed E-state index contributed by atoms with van der Waals surface area (Å²) in [5.41, 5.74) is 1.66. The molecule has 7 heteroatoms. The molecule has 1 unspecified atom stereocenters. The predicted molar refractivity (Wildman–Crippen MR) is 93.8 cm³/mol. The summed E-state index contributed by atoms with van der Waals surface area (Å²) >= 11 is 1.50. The van der Waals surface area contributed by atoms with Crippen LogP contribution < -0.4 is 0 Å². The summed E-state index contributed by atoms with van der Waals surface area (Å²) < 4.78 is 19.1. The van der Waals surface area contributed by atoms with E-state index >= 15 is 0 Å². The van der Waals surface area contributed by atoms with Gasteiger partial charge in [0.1, 0.15) is 16.6 Å². The minimum Gasteiger partial charge on any atom is -0.361 e. The maximum atomic E-state index is 14.0. The first-order chi connectivity index (χ1) is 12.2. The molecule has 0 spiro atoms. The fraction of sp³-hybridized carbons (Fsp3) is 0.389. The molecule has 1 aromatic carbocycles. The first-order valence-electron chi connectivity index (χ1n) is 8.41. The molecule has 1 saturated heterocycles. The van der Waals surface area contributed by atoms with Gasteiger partial charge in [0.25, 0.3) is 0 Å². The second-order valence-electron chi connectivity index (χ2n) is 6.41. The van der Waals surface area contributed by atoms with Gasteiger partial charge in [-0.1, -0.05) is 28.6 Å². The van der Waals surface area contributed by atoms with Gasteiger partial charge in [-0.25, -0.2) is 4.39 Å². The molecule has 3 heterocycles. The highest BCUT2D eigenvalue weighted by Gasteiger charge is 2.25. The Hall–Kier alpha value is -2.12. The van der Waals surface area contributed by atoms with Gasteiger partial charge in [0, 0.05) is 30.1 Å². The third kappa shape index (κ3) is 3.48. The van der Waals surface area contributed by atoms with Gasteiger partial charge >= 0.3 is 0 Å². The number of piperidine rings is 1. The minimum atomic E-state index is -0.251. The molecule has 0 N–H and O–H groups in total. The van der Waals surface area contributed by atoms with Crippen LogP contribution in [0.15, 0.2) is 35.0 Å². The van der Waals surface area contributed by atoms with Crippen LogP contribution in [0.2, 0.25) is 0 Å². The smallest absolute Gasteiger partial charge is 0.150 e. The molecule has 0 aliphatic carbocycles. The zero-order chi connectivity index (χ0) is 17.2. The van der Waals surface area contributed by atoms with Crippen LogP contribution in [0.25, 0.3) is 10.6 Å². The predicted octanol–water partition coefficient (Wildman–Crippen LogP) is 4.02. The second-order valence-corrected chi connectivity index (χ2v) is 7.42. The van der Waals surface area contributed by atoms with E-state index in [1.807, 2.05) is 13.0 Å². The third-order valence-electron chi connectivity index (χ3n) is 4.64. The van der Waals surface area contributed by atoms with Crippen LogP contribution in [0.4, 0.5) is 4.39 Å². The lowest BCUT2D eigenvalue weighted by atomic mass is 9.98. The molecule has 2 aromatic heterocycles. The van der Waals surface area contributed by atoms with E-state index in [1.54, 1.807) is 18.3 Å². The number of benzene rings is 1. The Morgan fingerprint density at radius 2 is 2.20 bits per heavy atom. The standard InChI is InChI=1S/C18H19FN4OS/c1-12-14(9-20-24-12)11-23-8-4-5-13(10-23)17-21-22-18(25-17)15-6-2-3-7-16(15)19/h2-3,6-7,9,13H,4-5,8,10-11H2,1H3. The van der Waals surface area contributed by atoms with Crippen molar-refractivity contribution in [2.75, 3.05) is 13.1 Å². The third-order valence-corrected chi connectivity index (χ3v) is 5.76. The molecular formula is C18H19FN4OS. The van der Waals surface area contributed by atoms with E-state index in [0.29, 0.717) is 16.5 Å². The highest BCUT2D eigenvalue weighted by Crippen LogP contribution is 2.33. The van der Waals surface area contributed by atoms with Crippen molar-refractivity contribution >= 4 is 11.3 Å². The van der Waals surface area contributed by atoms with Gasteiger partial charge in [0.15, 0.2) is 5.01 Å². The van der Waals surface area contributed by atoms with E-state index < -0.39 is 0 Å². The summed E-state index contributed by atoms with van der Waals surface area (Å²) in [6.07, 6.45) is 3.99. The molecule has 5 nitrogen and oxygen atoms in total. The molecule has 1 fully saturated rings. The normalized spacial score (nSPS) is 18.6. The van der Waals surface area contributed by atoms with Crippen molar-refractivity contribution in [2.45, 2.75) is 32.2 Å². The van der Waals surface area contributed by atoms with Crippen molar-refractivity contribution in [1.82, 2.24) is 20.3 Å². The van der Waals surface area contributed by atoms with E-state index in [2.05, 4.69) is 20.3 Å². The van der Waals surface area contributed by atoms with Crippen LogP contribution >= 0.6 is 11.3 Å². The zero-order valence-electron chi connectivity index (χ0n) is 14.0. The molecule has 4 rings (SSSR count). The quantitative estimate of drug-likeness (QED) is 0.705. The van der Waals surface area contributed by atoms with Gasteiger partial charge in [0.2, 0.25) is 0 Å². The zero-order valence-corrected chi connectivity index (χ0v) is 14.8. The summed E-state index contributed by atoms with van der Waals surface area (Å²) in [6, 6.07) is 6.72. The molecule has 3 aromatic rings. The van der Waals surface area contributed by atoms with E-state index in [1.165, 1.54) is 17.4 Å². The number of likely N-dealkylation sites (tertiary alicyclic amines) is 1. The number of nitrogens with zero attached hydrogens (tertiary/aromatic N) is 4. The van der Waals surface area contributed by atoms with E-state index in [9.17, 15) is 4.39 Å². The fourth-order valence-electron chi connectivity index (χ4n) is 3.26. The summed E-state index contributed by atoms with van der Waals surface area (Å²) in [4.78, 5) is 2.40. The van der Waals surface area contributed by atoms with Gasteiger partial charge in [0.05, 0.1) is 6.20 Å². The summed E-state index contributed by atoms with van der Waals surface area (Å²) in [7, 11) is 0. The van der Waals surface area contributed by atoms with Crippen LogP contribution in [-0.4, -0.2) is 33.3 Å². The Kier molecular flexibility index (Phi) is 4.59. The van der Waals surface area contributed by atoms with Crippen LogP contribution in [-0.2, 0) is 6.54 Å². The highest BCUT2D eigenvalue weighted by atomic mass is 32.1. The van der Waals surface area contributed by atoms with E-state index in [0.717, 1.165) is 48.8 Å². The largest absolute Gasteiger partial charge is 0.361 e. The average Bonchev–Trinajstić information content (AvgIpc) is 3.26. The Bertz CT molecular complexity index is 862. The number of aryl methyl sites for hydroxylation is 1. The molecule has 0 radical (unpaired) electrons. The first-order valence-corrected chi connectivity index (χ1v) is 9.23. The van der Waals surface area contributed by atoms with Gasteiger partial charge in [-0.3, -0.25) is 4.90 Å². The van der Waals surface area contributed by atoms with Crippen molar-refractivity contribution in [3.05, 3.63) is 52.6 Å². The molecule has 1 aliphatic heterocycles. The molecule has 1 aliphatic rings. The van der Waals surface area contributed by atoms with Crippen molar-refractivity contribution < 1.29 is 8.91 Å². The monoisotopic (exact) mass is 358 g/mol. The maximum absolute atomic E-state index is 14.0. The van der Waals surface area contributed by atoms with Gasteiger partial charge in [-0.15, -0.1) is 10.2 Å². The van der Waals surface area contributed by atoms with E-state index in [-0.39, 0.29) is 5.82 Å². The highest BCUT2D eigenvalue weighted by molar-refractivity contribution is 7.14. The van der Waals surface area contributed by atoms with Crippen LogP contribution in [0.1, 0.15) is 35.1 Å². The molecule has 25 heavy (non-hydrogen) atoms. The Morgan fingerprint density at radius 1 is 1.32 bits per heavy atom. The van der Waals surface area contributed by atoms with Gasteiger partial charge in [-0.2, -0.15) is 0 Å². The average molecular weight is 358 g/mol. The van der Waals surface area contributed by atoms with Crippen molar-refractivity contribution in [1.29, 1.82) is 0 Å². The van der Waals surface area contributed by atoms with E-state index in [4.69, 9.17) is 4.52 Å². The molecule has 0 amide bonds. The van der Waals surface area contributed by atoms with Crippen molar-refractivity contribution in [2.24, 2.45) is 0 Å². The maximum Gasteiger partial charge on any atom is 0.150 e. The van der Waals surface area contributed by atoms with Crippen molar-refractivity contribution in [3.63, 3.8) is 0 Å². The molecule has 0 bridgehead atoms. The number of hydrogen-bond donors (Lipinski definition) is 0. The lowest BCUT2D eigenvalue weighted by Crippen LogP contribution is -2.33. The fourth-order valence-corrected chi connectivity index (χ4v) is 4.25. The molecule has 130 valence electrons. The number of halogens is 1. The number of hydrogen-bond acceptors (Lipinski definition) is 6. The summed E-state index contributed by atoms with van der Waals surface area (Å²) in [5.74, 6) is 0.963. The SMILES string of the molecule is Cc1oncc1CN1CCCC(c2nnc(-c3ccccc3F)s2)C1.